The zero-order valence-electron chi connectivity index (χ0n) is 9.62. The fraction of sp³-hybridized carbons (Fsp3) is 0.385. The van der Waals surface area contributed by atoms with Gasteiger partial charge in [-0.15, -0.1) is 0 Å². The number of fused-ring (bicyclic) bond motifs is 1. The minimum absolute atomic E-state index is 0.289. The van der Waals surface area contributed by atoms with Crippen LogP contribution in [0.25, 0.3) is 11.0 Å². The fourth-order valence-corrected chi connectivity index (χ4v) is 1.87. The average molecular weight is 239 g/mol. The first-order valence-corrected chi connectivity index (χ1v) is 5.68. The SMILES string of the molecule is CCNCC(c1ccc2occc2c1)C(F)F. The Kier molecular flexibility index (Phi) is 3.74. The van der Waals surface area contributed by atoms with Crippen molar-refractivity contribution in [1.29, 1.82) is 0 Å². The molecule has 0 radical (unpaired) electrons. The second kappa shape index (κ2) is 5.27. The van der Waals surface area contributed by atoms with Crippen LogP contribution in [0, 0.1) is 0 Å². The third kappa shape index (κ3) is 2.64. The van der Waals surface area contributed by atoms with Crippen molar-refractivity contribution >= 4 is 11.0 Å². The summed E-state index contributed by atoms with van der Waals surface area (Å²) in [6.45, 7) is 2.89. The number of hydrogen-bond acceptors (Lipinski definition) is 2. The molecule has 0 saturated carbocycles. The lowest BCUT2D eigenvalue weighted by Gasteiger charge is -2.16. The second-order valence-electron chi connectivity index (χ2n) is 3.97. The number of likely N-dealkylation sites (N-methyl/N-ethyl adjacent to an activating group) is 1. The van der Waals surface area contributed by atoms with Gasteiger partial charge in [0.1, 0.15) is 5.58 Å². The van der Waals surface area contributed by atoms with Gasteiger partial charge in [-0.2, -0.15) is 0 Å². The molecule has 4 heteroatoms. The van der Waals surface area contributed by atoms with E-state index in [4.69, 9.17) is 4.42 Å². The van der Waals surface area contributed by atoms with Crippen molar-refractivity contribution in [3.8, 4) is 0 Å². The molecule has 0 aliphatic rings. The van der Waals surface area contributed by atoms with Crippen molar-refractivity contribution in [3.05, 3.63) is 36.1 Å². The summed E-state index contributed by atoms with van der Waals surface area (Å²) >= 11 is 0. The molecule has 1 atom stereocenters. The van der Waals surface area contributed by atoms with Crippen molar-refractivity contribution in [3.63, 3.8) is 0 Å². The molecule has 0 amide bonds. The molecule has 0 aliphatic heterocycles. The summed E-state index contributed by atoms with van der Waals surface area (Å²) in [6.07, 6.45) is -0.797. The van der Waals surface area contributed by atoms with Gasteiger partial charge in [0.25, 0.3) is 0 Å². The molecule has 2 nitrogen and oxygen atoms in total. The summed E-state index contributed by atoms with van der Waals surface area (Å²) in [7, 11) is 0. The molecule has 1 aromatic heterocycles. The molecule has 0 aliphatic carbocycles. The van der Waals surface area contributed by atoms with E-state index >= 15 is 0 Å². The molecule has 2 aromatic rings. The normalized spacial score (nSPS) is 13.4. The van der Waals surface area contributed by atoms with Gasteiger partial charge in [0.15, 0.2) is 0 Å². The van der Waals surface area contributed by atoms with Crippen molar-refractivity contribution in [2.75, 3.05) is 13.1 Å². The smallest absolute Gasteiger partial charge is 0.246 e. The lowest BCUT2D eigenvalue weighted by Crippen LogP contribution is -2.25. The summed E-state index contributed by atoms with van der Waals surface area (Å²) in [4.78, 5) is 0. The van der Waals surface area contributed by atoms with Gasteiger partial charge in [0, 0.05) is 11.9 Å². The molecule has 0 fully saturated rings. The van der Waals surface area contributed by atoms with Crippen LogP contribution in [0.3, 0.4) is 0 Å². The first kappa shape index (κ1) is 12.0. The maximum absolute atomic E-state index is 13.0. The van der Waals surface area contributed by atoms with Crippen LogP contribution in [-0.4, -0.2) is 19.5 Å². The topological polar surface area (TPSA) is 25.2 Å². The fourth-order valence-electron chi connectivity index (χ4n) is 1.87. The molecule has 0 spiro atoms. The number of halogens is 2. The van der Waals surface area contributed by atoms with Gasteiger partial charge in [-0.3, -0.25) is 0 Å². The van der Waals surface area contributed by atoms with Crippen LogP contribution in [0.4, 0.5) is 8.78 Å². The van der Waals surface area contributed by atoms with Gasteiger partial charge in [-0.1, -0.05) is 13.0 Å². The van der Waals surface area contributed by atoms with Gasteiger partial charge in [0.2, 0.25) is 6.43 Å². The van der Waals surface area contributed by atoms with Crippen LogP contribution in [0.15, 0.2) is 34.9 Å². The Morgan fingerprint density at radius 1 is 1.29 bits per heavy atom. The van der Waals surface area contributed by atoms with Crippen LogP contribution < -0.4 is 5.32 Å². The standard InChI is InChI=1S/C13H15F2NO/c1-2-16-8-11(13(14)15)9-3-4-12-10(7-9)5-6-17-12/h3-7,11,13,16H,2,8H2,1H3. The molecule has 1 heterocycles. The van der Waals surface area contributed by atoms with E-state index in [9.17, 15) is 8.78 Å². The second-order valence-corrected chi connectivity index (χ2v) is 3.97. The van der Waals surface area contributed by atoms with Crippen LogP contribution in [0.5, 0.6) is 0 Å². The minimum atomic E-state index is -2.36. The number of hydrogen-bond donors (Lipinski definition) is 1. The number of furan rings is 1. The van der Waals surface area contributed by atoms with Crippen LogP contribution in [0.2, 0.25) is 0 Å². The molecule has 1 unspecified atom stereocenters. The number of benzene rings is 1. The monoisotopic (exact) mass is 239 g/mol. The lowest BCUT2D eigenvalue weighted by molar-refractivity contribution is 0.113. The first-order chi connectivity index (χ1) is 8.22. The van der Waals surface area contributed by atoms with Crippen molar-refractivity contribution in [2.24, 2.45) is 0 Å². The Morgan fingerprint density at radius 3 is 2.82 bits per heavy atom. The third-order valence-electron chi connectivity index (χ3n) is 2.82. The highest BCUT2D eigenvalue weighted by atomic mass is 19.3. The number of rotatable bonds is 5. The Balaban J connectivity index is 2.27. The maximum atomic E-state index is 13.0. The van der Waals surface area contributed by atoms with Crippen molar-refractivity contribution in [1.82, 2.24) is 5.32 Å². The predicted molar refractivity (Wildman–Crippen MR) is 63.5 cm³/mol. The van der Waals surface area contributed by atoms with E-state index in [1.807, 2.05) is 6.92 Å². The first-order valence-electron chi connectivity index (χ1n) is 5.68. The zero-order valence-corrected chi connectivity index (χ0v) is 9.62. The largest absolute Gasteiger partial charge is 0.464 e. The minimum Gasteiger partial charge on any atom is -0.464 e. The zero-order chi connectivity index (χ0) is 12.3. The Labute approximate surface area is 98.6 Å². The van der Waals surface area contributed by atoms with Gasteiger partial charge in [-0.25, -0.2) is 8.78 Å². The predicted octanol–water partition coefficient (Wildman–Crippen LogP) is 3.39. The number of alkyl halides is 2. The van der Waals surface area contributed by atoms with E-state index in [0.29, 0.717) is 12.1 Å². The van der Waals surface area contributed by atoms with E-state index in [2.05, 4.69) is 5.32 Å². The van der Waals surface area contributed by atoms with E-state index < -0.39 is 12.3 Å². The summed E-state index contributed by atoms with van der Waals surface area (Å²) in [5.74, 6) is -0.769. The Bertz CT molecular complexity index is 481. The van der Waals surface area contributed by atoms with E-state index in [1.54, 1.807) is 30.5 Å². The number of nitrogens with one attached hydrogen (secondary N) is 1. The van der Waals surface area contributed by atoms with Crippen LogP contribution in [-0.2, 0) is 0 Å². The summed E-state index contributed by atoms with van der Waals surface area (Å²) in [5, 5.41) is 3.83. The summed E-state index contributed by atoms with van der Waals surface area (Å²) in [6, 6.07) is 7.01. The van der Waals surface area contributed by atoms with E-state index in [0.717, 1.165) is 11.0 Å². The van der Waals surface area contributed by atoms with Gasteiger partial charge in [0.05, 0.1) is 12.2 Å². The van der Waals surface area contributed by atoms with Gasteiger partial charge >= 0.3 is 0 Å². The van der Waals surface area contributed by atoms with Crippen molar-refractivity contribution in [2.45, 2.75) is 19.3 Å². The van der Waals surface area contributed by atoms with E-state index in [1.165, 1.54) is 0 Å². The molecule has 1 N–H and O–H groups in total. The molecule has 1 aromatic carbocycles. The molecular formula is C13H15F2NO. The van der Waals surface area contributed by atoms with Gasteiger partial charge in [-0.05, 0) is 30.3 Å². The Hall–Kier alpha value is -1.42. The van der Waals surface area contributed by atoms with Crippen LogP contribution in [0.1, 0.15) is 18.4 Å². The average Bonchev–Trinajstić information content (AvgIpc) is 2.76. The highest BCUT2D eigenvalue weighted by molar-refractivity contribution is 5.77. The lowest BCUT2D eigenvalue weighted by atomic mass is 9.98. The van der Waals surface area contributed by atoms with Gasteiger partial charge < -0.3 is 9.73 Å². The highest BCUT2D eigenvalue weighted by Gasteiger charge is 2.22. The van der Waals surface area contributed by atoms with Crippen LogP contribution >= 0.6 is 0 Å². The molecule has 0 saturated heterocycles. The maximum Gasteiger partial charge on any atom is 0.246 e. The third-order valence-corrected chi connectivity index (χ3v) is 2.82. The molecule has 92 valence electrons. The molecular weight excluding hydrogens is 224 g/mol. The molecule has 17 heavy (non-hydrogen) atoms. The van der Waals surface area contributed by atoms with Crippen molar-refractivity contribution < 1.29 is 13.2 Å². The quantitative estimate of drug-likeness (QED) is 0.865. The summed E-state index contributed by atoms with van der Waals surface area (Å²) in [5.41, 5.74) is 1.38. The highest BCUT2D eigenvalue weighted by Crippen LogP contribution is 2.26. The van der Waals surface area contributed by atoms with E-state index in [-0.39, 0.29) is 6.54 Å². The summed E-state index contributed by atoms with van der Waals surface area (Å²) < 4.78 is 31.1. The molecule has 0 bridgehead atoms. The Morgan fingerprint density at radius 2 is 2.12 bits per heavy atom. The molecule has 2 rings (SSSR count).